The third kappa shape index (κ3) is 6.88. The van der Waals surface area contributed by atoms with E-state index in [1.165, 1.54) is 30.8 Å². The van der Waals surface area contributed by atoms with E-state index < -0.39 is 17.2 Å². The predicted molar refractivity (Wildman–Crippen MR) is 131 cm³/mol. The van der Waals surface area contributed by atoms with Crippen molar-refractivity contribution in [1.82, 2.24) is 15.2 Å². The van der Waals surface area contributed by atoms with E-state index in [0.717, 1.165) is 24.1 Å². The number of hydrogen-bond donors (Lipinski definition) is 2. The van der Waals surface area contributed by atoms with E-state index in [1.807, 2.05) is 24.4 Å². The van der Waals surface area contributed by atoms with Crippen LogP contribution in [0.25, 0.3) is 0 Å². The minimum Gasteiger partial charge on any atom is -0.383 e. The first-order valence-corrected chi connectivity index (χ1v) is 12.4. The van der Waals surface area contributed by atoms with Crippen LogP contribution in [-0.4, -0.2) is 36.6 Å². The maximum absolute atomic E-state index is 13.1. The Morgan fingerprint density at radius 1 is 1.21 bits per heavy atom. The van der Waals surface area contributed by atoms with Crippen LogP contribution in [0.2, 0.25) is 0 Å². The molecule has 2 N–H and O–H groups in total. The van der Waals surface area contributed by atoms with Crippen LogP contribution in [-0.2, 0) is 11.3 Å². The average Bonchev–Trinajstić information content (AvgIpc) is 3.37. The highest BCUT2D eigenvalue weighted by molar-refractivity contribution is 7.10. The first-order chi connectivity index (χ1) is 16.0. The molecule has 2 amide bonds. The van der Waals surface area contributed by atoms with Gasteiger partial charge in [-0.1, -0.05) is 24.6 Å². The first-order valence-electron chi connectivity index (χ1n) is 11.6. The molecule has 1 atom stereocenters. The SMILES string of the molecule is CC[C@@H](NC(=O)c1cn(CCOC)cc(C(=O)NCCC2=CCCCC2)c1=O)c1cccs1. The lowest BCUT2D eigenvalue weighted by Gasteiger charge is -2.17. The van der Waals surface area contributed by atoms with E-state index in [2.05, 4.69) is 16.7 Å². The van der Waals surface area contributed by atoms with Gasteiger partial charge in [-0.2, -0.15) is 0 Å². The van der Waals surface area contributed by atoms with Crippen molar-refractivity contribution in [3.63, 3.8) is 0 Å². The highest BCUT2D eigenvalue weighted by atomic mass is 32.1. The second-order valence-electron chi connectivity index (χ2n) is 8.21. The van der Waals surface area contributed by atoms with E-state index in [0.29, 0.717) is 26.1 Å². The standard InChI is InChI=1S/C25H33N3O4S/c1-3-21(22-10-7-15-33-22)27-25(31)20-17-28(13-14-32-2)16-19(23(20)29)24(30)26-12-11-18-8-5-4-6-9-18/h7-8,10,15-17,21H,3-6,9,11-14H2,1-2H3,(H,26,30)(H,27,31)/t21-/m1/s1. The molecule has 1 aliphatic carbocycles. The van der Waals surface area contributed by atoms with Gasteiger partial charge in [-0.3, -0.25) is 14.4 Å². The number of pyridine rings is 1. The van der Waals surface area contributed by atoms with E-state index >= 15 is 0 Å². The highest BCUT2D eigenvalue weighted by Crippen LogP contribution is 2.22. The lowest BCUT2D eigenvalue weighted by atomic mass is 9.97. The van der Waals surface area contributed by atoms with Gasteiger partial charge < -0.3 is 19.9 Å². The summed E-state index contributed by atoms with van der Waals surface area (Å²) in [6, 6.07) is 3.70. The molecule has 0 aromatic carbocycles. The molecule has 178 valence electrons. The smallest absolute Gasteiger partial charge is 0.257 e. The zero-order valence-corrected chi connectivity index (χ0v) is 20.2. The zero-order valence-electron chi connectivity index (χ0n) is 19.4. The molecule has 2 aromatic heterocycles. The minimum atomic E-state index is -0.559. The number of rotatable bonds is 11. The summed E-state index contributed by atoms with van der Waals surface area (Å²) >= 11 is 1.56. The number of carbonyl (C=O) groups is 2. The molecule has 2 heterocycles. The molecule has 0 unspecified atom stereocenters. The molecule has 33 heavy (non-hydrogen) atoms. The highest BCUT2D eigenvalue weighted by Gasteiger charge is 2.22. The van der Waals surface area contributed by atoms with E-state index in [-0.39, 0.29) is 17.2 Å². The Bertz CT molecular complexity index is 1030. The van der Waals surface area contributed by atoms with Gasteiger partial charge in [0.1, 0.15) is 11.1 Å². The van der Waals surface area contributed by atoms with Crippen LogP contribution < -0.4 is 16.1 Å². The fraction of sp³-hybridized carbons (Fsp3) is 0.480. The largest absolute Gasteiger partial charge is 0.383 e. The molecule has 0 saturated carbocycles. The van der Waals surface area contributed by atoms with Gasteiger partial charge in [0.05, 0.1) is 12.6 Å². The Kier molecular flexibility index (Phi) is 9.45. The predicted octanol–water partition coefficient (Wildman–Crippen LogP) is 4.06. The van der Waals surface area contributed by atoms with Crippen LogP contribution in [0.15, 0.2) is 46.4 Å². The molecular weight excluding hydrogens is 438 g/mol. The Morgan fingerprint density at radius 2 is 2.00 bits per heavy atom. The van der Waals surface area contributed by atoms with Crippen molar-refractivity contribution in [3.05, 3.63) is 67.8 Å². The van der Waals surface area contributed by atoms with E-state index in [4.69, 9.17) is 4.74 Å². The number of ether oxygens (including phenoxy) is 1. The second-order valence-corrected chi connectivity index (χ2v) is 9.19. The molecule has 1 aliphatic rings. The van der Waals surface area contributed by atoms with Gasteiger partial charge in [0.25, 0.3) is 11.8 Å². The lowest BCUT2D eigenvalue weighted by Crippen LogP contribution is -2.37. The molecule has 0 bridgehead atoms. The lowest BCUT2D eigenvalue weighted by molar-refractivity contribution is 0.0934. The van der Waals surface area contributed by atoms with Crippen LogP contribution in [0.3, 0.4) is 0 Å². The van der Waals surface area contributed by atoms with Crippen molar-refractivity contribution in [1.29, 1.82) is 0 Å². The van der Waals surface area contributed by atoms with Crippen molar-refractivity contribution < 1.29 is 14.3 Å². The number of hydrogen-bond acceptors (Lipinski definition) is 5. The monoisotopic (exact) mass is 471 g/mol. The minimum absolute atomic E-state index is 0.0273. The topological polar surface area (TPSA) is 89.4 Å². The van der Waals surface area contributed by atoms with E-state index in [9.17, 15) is 14.4 Å². The molecule has 0 fully saturated rings. The van der Waals surface area contributed by atoms with Crippen molar-refractivity contribution in [2.24, 2.45) is 0 Å². The summed E-state index contributed by atoms with van der Waals surface area (Å²) < 4.78 is 6.81. The summed E-state index contributed by atoms with van der Waals surface area (Å²) in [6.07, 6.45) is 11.3. The van der Waals surface area contributed by atoms with Gasteiger partial charge in [-0.25, -0.2) is 0 Å². The summed E-state index contributed by atoms with van der Waals surface area (Å²) in [7, 11) is 1.58. The molecule has 2 aromatic rings. The third-order valence-corrected chi connectivity index (χ3v) is 6.82. The van der Waals surface area contributed by atoms with Crippen LogP contribution >= 0.6 is 11.3 Å². The molecule has 8 heteroatoms. The maximum Gasteiger partial charge on any atom is 0.257 e. The van der Waals surface area contributed by atoms with Crippen molar-refractivity contribution in [3.8, 4) is 0 Å². The maximum atomic E-state index is 13.1. The second kappa shape index (κ2) is 12.5. The summed E-state index contributed by atoms with van der Waals surface area (Å²) in [5.41, 5.74) is 0.729. The van der Waals surface area contributed by atoms with Crippen molar-refractivity contribution >= 4 is 23.2 Å². The van der Waals surface area contributed by atoms with Crippen LogP contribution in [0.5, 0.6) is 0 Å². The Labute approximate surface area is 198 Å². The summed E-state index contributed by atoms with van der Waals surface area (Å²) in [6.45, 7) is 3.26. The summed E-state index contributed by atoms with van der Waals surface area (Å²) in [4.78, 5) is 40.1. The van der Waals surface area contributed by atoms with Gasteiger partial charge in [0, 0.05) is 37.5 Å². The Morgan fingerprint density at radius 3 is 2.64 bits per heavy atom. The van der Waals surface area contributed by atoms with Gasteiger partial charge >= 0.3 is 0 Å². The van der Waals surface area contributed by atoms with Crippen molar-refractivity contribution in [2.45, 2.75) is 58.0 Å². The average molecular weight is 472 g/mol. The number of carbonyl (C=O) groups excluding carboxylic acids is 2. The number of nitrogens with one attached hydrogen (secondary N) is 2. The molecule has 0 spiro atoms. The Hall–Kier alpha value is -2.71. The zero-order chi connectivity index (χ0) is 23.6. The van der Waals surface area contributed by atoms with Crippen LogP contribution in [0, 0.1) is 0 Å². The fourth-order valence-corrected chi connectivity index (χ4v) is 4.81. The van der Waals surface area contributed by atoms with Crippen molar-refractivity contribution in [2.75, 3.05) is 20.3 Å². The number of amides is 2. The van der Waals surface area contributed by atoms with Crippen LogP contribution in [0.4, 0.5) is 0 Å². The Balaban J connectivity index is 1.78. The molecule has 3 rings (SSSR count). The molecule has 0 saturated heterocycles. The number of allylic oxidation sites excluding steroid dienone is 1. The summed E-state index contributed by atoms with van der Waals surface area (Å²) in [5.74, 6) is -0.934. The van der Waals surface area contributed by atoms with E-state index in [1.54, 1.807) is 23.0 Å². The van der Waals surface area contributed by atoms with Crippen LogP contribution in [0.1, 0.15) is 77.1 Å². The first kappa shape index (κ1) is 24.9. The van der Waals surface area contributed by atoms with Gasteiger partial charge in [0.15, 0.2) is 0 Å². The molecular formula is C25H33N3O4S. The number of nitrogens with zero attached hydrogens (tertiary/aromatic N) is 1. The van der Waals surface area contributed by atoms with Gasteiger partial charge in [-0.15, -0.1) is 11.3 Å². The molecule has 7 nitrogen and oxygen atoms in total. The van der Waals surface area contributed by atoms with Gasteiger partial charge in [-0.05, 0) is 50.0 Å². The normalized spacial score (nSPS) is 14.4. The molecule has 0 aliphatic heterocycles. The summed E-state index contributed by atoms with van der Waals surface area (Å²) in [5, 5.41) is 7.76. The fourth-order valence-electron chi connectivity index (χ4n) is 3.94. The number of methoxy groups -OCH3 is 1. The quantitative estimate of drug-likeness (QED) is 0.484. The third-order valence-electron chi connectivity index (χ3n) is 5.84. The number of thiophene rings is 1. The van der Waals surface area contributed by atoms with Gasteiger partial charge in [0.2, 0.25) is 5.43 Å². The molecule has 0 radical (unpaired) electrons. The number of aromatic nitrogens is 1.